The van der Waals surface area contributed by atoms with Crippen LogP contribution in [0.25, 0.3) is 0 Å². The zero-order valence-electron chi connectivity index (χ0n) is 9.21. The molecule has 1 aromatic heterocycles. The normalized spacial score (nSPS) is 17.1. The van der Waals surface area contributed by atoms with Crippen molar-refractivity contribution in [1.82, 2.24) is 15.1 Å². The molecule has 0 bridgehead atoms. The predicted octanol–water partition coefficient (Wildman–Crippen LogP) is 0.337. The lowest BCUT2D eigenvalue weighted by Crippen LogP contribution is -2.48. The lowest BCUT2D eigenvalue weighted by Gasteiger charge is -2.34. The van der Waals surface area contributed by atoms with Gasteiger partial charge < -0.3 is 10.0 Å². The molecule has 0 aromatic carbocycles. The van der Waals surface area contributed by atoms with E-state index in [9.17, 15) is 4.79 Å². The van der Waals surface area contributed by atoms with E-state index < -0.39 is 5.97 Å². The van der Waals surface area contributed by atoms with Gasteiger partial charge in [0.2, 0.25) is 0 Å². The predicted molar refractivity (Wildman–Crippen MR) is 63.3 cm³/mol. The second-order valence-corrected chi connectivity index (χ2v) is 4.26. The molecule has 1 aliphatic rings. The Hall–Kier alpha value is -1.40. The number of hydrogen-bond acceptors (Lipinski definition) is 5. The summed E-state index contributed by atoms with van der Waals surface area (Å²) in [4.78, 5) is 14.5. The van der Waals surface area contributed by atoms with E-state index >= 15 is 0 Å². The summed E-state index contributed by atoms with van der Waals surface area (Å²) in [6, 6.07) is 3.52. The van der Waals surface area contributed by atoms with Gasteiger partial charge in [-0.25, -0.2) is 0 Å². The maximum atomic E-state index is 10.6. The molecule has 0 amide bonds. The third-order valence-corrected chi connectivity index (χ3v) is 2.87. The number of nitrogens with zero attached hydrogens (tertiary/aromatic N) is 4. The van der Waals surface area contributed by atoms with Crippen molar-refractivity contribution < 1.29 is 9.90 Å². The fraction of sp³-hybridized carbons (Fsp3) is 0.500. The summed E-state index contributed by atoms with van der Waals surface area (Å²) in [6.07, 6.45) is 0. The molecule has 1 fully saturated rings. The van der Waals surface area contributed by atoms with E-state index in [0.717, 1.165) is 32.0 Å². The Morgan fingerprint density at radius 3 is 2.53 bits per heavy atom. The van der Waals surface area contributed by atoms with E-state index in [2.05, 4.69) is 15.1 Å². The van der Waals surface area contributed by atoms with Crippen LogP contribution in [0.4, 0.5) is 5.82 Å². The van der Waals surface area contributed by atoms with E-state index in [4.69, 9.17) is 16.7 Å². The van der Waals surface area contributed by atoms with Gasteiger partial charge in [0.15, 0.2) is 11.0 Å². The smallest absolute Gasteiger partial charge is 0.317 e. The third-order valence-electron chi connectivity index (χ3n) is 2.67. The summed E-state index contributed by atoms with van der Waals surface area (Å²) in [5.74, 6) is -0.00545. The summed E-state index contributed by atoms with van der Waals surface area (Å²) < 4.78 is 0. The highest BCUT2D eigenvalue weighted by atomic mass is 35.5. The lowest BCUT2D eigenvalue weighted by molar-refractivity contribution is -0.138. The minimum absolute atomic E-state index is 0.0974. The van der Waals surface area contributed by atoms with Crippen molar-refractivity contribution >= 4 is 23.4 Å². The molecule has 1 N–H and O–H groups in total. The number of halogens is 1. The van der Waals surface area contributed by atoms with E-state index in [1.807, 2.05) is 11.0 Å². The molecule has 92 valence electrons. The van der Waals surface area contributed by atoms with Gasteiger partial charge in [-0.05, 0) is 12.1 Å². The fourth-order valence-corrected chi connectivity index (χ4v) is 1.90. The van der Waals surface area contributed by atoms with Crippen molar-refractivity contribution in [1.29, 1.82) is 0 Å². The molecule has 0 atom stereocenters. The highest BCUT2D eigenvalue weighted by molar-refractivity contribution is 6.29. The van der Waals surface area contributed by atoms with Gasteiger partial charge in [-0.2, -0.15) is 0 Å². The molecule has 1 aromatic rings. The number of rotatable bonds is 3. The fourth-order valence-electron chi connectivity index (χ4n) is 1.80. The Morgan fingerprint density at radius 1 is 1.29 bits per heavy atom. The van der Waals surface area contributed by atoms with Crippen molar-refractivity contribution in [3.05, 3.63) is 17.3 Å². The maximum absolute atomic E-state index is 10.6. The molecule has 2 heterocycles. The first-order valence-electron chi connectivity index (χ1n) is 5.33. The van der Waals surface area contributed by atoms with Crippen LogP contribution in [0.15, 0.2) is 12.1 Å². The van der Waals surface area contributed by atoms with Gasteiger partial charge in [0, 0.05) is 26.2 Å². The number of carboxylic acids is 1. The lowest BCUT2D eigenvalue weighted by atomic mass is 10.3. The van der Waals surface area contributed by atoms with Crippen molar-refractivity contribution in [3.63, 3.8) is 0 Å². The molecule has 1 saturated heterocycles. The number of aliphatic carboxylic acids is 1. The zero-order valence-corrected chi connectivity index (χ0v) is 9.97. The monoisotopic (exact) mass is 256 g/mol. The average molecular weight is 257 g/mol. The van der Waals surface area contributed by atoms with Crippen LogP contribution in [0.5, 0.6) is 0 Å². The van der Waals surface area contributed by atoms with Gasteiger partial charge in [-0.15, -0.1) is 10.2 Å². The number of carboxylic acid groups (broad SMARTS) is 1. The number of aromatic nitrogens is 2. The largest absolute Gasteiger partial charge is 0.480 e. The maximum Gasteiger partial charge on any atom is 0.317 e. The molecule has 0 radical (unpaired) electrons. The molecule has 7 heteroatoms. The Labute approximate surface area is 104 Å². The van der Waals surface area contributed by atoms with E-state index in [-0.39, 0.29) is 6.54 Å². The minimum Gasteiger partial charge on any atom is -0.480 e. The molecule has 2 rings (SSSR count). The average Bonchev–Trinajstić information content (AvgIpc) is 2.30. The van der Waals surface area contributed by atoms with Crippen LogP contribution in [0, 0.1) is 0 Å². The van der Waals surface area contributed by atoms with Crippen molar-refractivity contribution in [2.24, 2.45) is 0 Å². The number of carbonyl (C=O) groups is 1. The Morgan fingerprint density at radius 2 is 2.00 bits per heavy atom. The van der Waals surface area contributed by atoms with Crippen molar-refractivity contribution in [3.8, 4) is 0 Å². The van der Waals surface area contributed by atoms with Crippen LogP contribution in [0.1, 0.15) is 0 Å². The Kier molecular flexibility index (Phi) is 3.75. The number of piperazine rings is 1. The van der Waals surface area contributed by atoms with Gasteiger partial charge in [0.25, 0.3) is 0 Å². The third kappa shape index (κ3) is 3.28. The second kappa shape index (κ2) is 5.29. The summed E-state index contributed by atoms with van der Waals surface area (Å²) in [6.45, 7) is 3.04. The van der Waals surface area contributed by atoms with E-state index in [1.54, 1.807) is 6.07 Å². The molecular weight excluding hydrogens is 244 g/mol. The van der Waals surface area contributed by atoms with Gasteiger partial charge in [-0.1, -0.05) is 11.6 Å². The molecule has 0 saturated carbocycles. The number of anilines is 1. The standard InChI is InChI=1S/C10H13ClN4O2/c11-8-1-2-9(13-12-8)15-5-3-14(4-6-15)7-10(16)17/h1-2H,3-7H2,(H,16,17). The molecule has 0 spiro atoms. The first-order chi connectivity index (χ1) is 8.15. The van der Waals surface area contributed by atoms with Crippen LogP contribution in [0.3, 0.4) is 0 Å². The van der Waals surface area contributed by atoms with Gasteiger partial charge in [0.1, 0.15) is 0 Å². The highest BCUT2D eigenvalue weighted by Gasteiger charge is 2.19. The Balaban J connectivity index is 1.90. The first kappa shape index (κ1) is 12.1. The highest BCUT2D eigenvalue weighted by Crippen LogP contribution is 2.13. The minimum atomic E-state index is -0.787. The van der Waals surface area contributed by atoms with Gasteiger partial charge >= 0.3 is 5.97 Å². The molecule has 6 nitrogen and oxygen atoms in total. The van der Waals surface area contributed by atoms with Crippen molar-refractivity contribution in [2.45, 2.75) is 0 Å². The summed E-state index contributed by atoms with van der Waals surface area (Å²) >= 11 is 5.67. The summed E-state index contributed by atoms with van der Waals surface area (Å²) in [5, 5.41) is 16.8. The molecule has 0 aliphatic carbocycles. The zero-order chi connectivity index (χ0) is 12.3. The molecule has 0 unspecified atom stereocenters. The van der Waals surface area contributed by atoms with E-state index in [0.29, 0.717) is 5.15 Å². The van der Waals surface area contributed by atoms with Crippen LogP contribution in [-0.2, 0) is 4.79 Å². The molecule has 1 aliphatic heterocycles. The summed E-state index contributed by atoms with van der Waals surface area (Å²) in [7, 11) is 0. The van der Waals surface area contributed by atoms with Crippen LogP contribution >= 0.6 is 11.6 Å². The van der Waals surface area contributed by atoms with Gasteiger partial charge in [-0.3, -0.25) is 9.69 Å². The molecular formula is C10H13ClN4O2. The van der Waals surface area contributed by atoms with E-state index in [1.165, 1.54) is 0 Å². The Bertz CT molecular complexity index is 390. The first-order valence-corrected chi connectivity index (χ1v) is 5.71. The number of hydrogen-bond donors (Lipinski definition) is 1. The SMILES string of the molecule is O=C(O)CN1CCN(c2ccc(Cl)nn2)CC1. The van der Waals surface area contributed by atoms with Crippen LogP contribution in [-0.4, -0.2) is 58.9 Å². The molecule has 17 heavy (non-hydrogen) atoms. The van der Waals surface area contributed by atoms with Crippen molar-refractivity contribution in [2.75, 3.05) is 37.6 Å². The second-order valence-electron chi connectivity index (χ2n) is 3.87. The quantitative estimate of drug-likeness (QED) is 0.841. The topological polar surface area (TPSA) is 69.6 Å². The van der Waals surface area contributed by atoms with Gasteiger partial charge in [0.05, 0.1) is 6.54 Å². The van der Waals surface area contributed by atoms with Crippen LogP contribution in [0.2, 0.25) is 5.15 Å². The summed E-state index contributed by atoms with van der Waals surface area (Å²) in [5.41, 5.74) is 0. The van der Waals surface area contributed by atoms with Crippen LogP contribution < -0.4 is 4.90 Å².